The van der Waals surface area contributed by atoms with Gasteiger partial charge in [-0.25, -0.2) is 4.68 Å². The Hall–Kier alpha value is -2.63. The highest BCUT2D eigenvalue weighted by Gasteiger charge is 2.46. The minimum atomic E-state index is 0.776. The Kier molecular flexibility index (Phi) is 2.41. The molecule has 2 atom stereocenters. The number of nitrogens with zero attached hydrogens (tertiary/aromatic N) is 5. The van der Waals surface area contributed by atoms with E-state index >= 15 is 0 Å². The first-order valence-electron chi connectivity index (χ1n) is 7.64. The summed E-state index contributed by atoms with van der Waals surface area (Å²) >= 11 is 0. The molecule has 110 valence electrons. The summed E-state index contributed by atoms with van der Waals surface area (Å²) in [5.74, 6) is 3.35. The highest BCUT2D eigenvalue weighted by molar-refractivity contribution is 5.55. The van der Waals surface area contributed by atoms with Gasteiger partial charge in [-0.1, -0.05) is 18.2 Å². The van der Waals surface area contributed by atoms with E-state index in [-0.39, 0.29) is 0 Å². The van der Waals surface area contributed by atoms with E-state index in [1.165, 1.54) is 6.42 Å². The van der Waals surface area contributed by atoms with Crippen molar-refractivity contribution in [1.82, 2.24) is 25.0 Å². The maximum Gasteiger partial charge on any atom is 0.245 e. The zero-order valence-corrected chi connectivity index (χ0v) is 12.1. The lowest BCUT2D eigenvalue weighted by Crippen LogP contribution is -2.22. The summed E-state index contributed by atoms with van der Waals surface area (Å²) in [4.78, 5) is 6.91. The summed E-state index contributed by atoms with van der Waals surface area (Å²) in [6.45, 7) is 2.20. The van der Waals surface area contributed by atoms with Crippen LogP contribution in [0.4, 0.5) is 5.95 Å². The fourth-order valence-electron chi connectivity index (χ4n) is 3.25. The summed E-state index contributed by atoms with van der Waals surface area (Å²) in [7, 11) is 0. The third-order valence-electron chi connectivity index (χ3n) is 4.61. The Morgan fingerprint density at radius 2 is 1.91 bits per heavy atom. The van der Waals surface area contributed by atoms with Crippen LogP contribution >= 0.6 is 0 Å². The number of nitrogens with one attached hydrogen (secondary N) is 1. The van der Waals surface area contributed by atoms with E-state index in [0.29, 0.717) is 0 Å². The molecule has 6 nitrogen and oxygen atoms in total. The number of fused-ring (bicyclic) bond motifs is 1. The van der Waals surface area contributed by atoms with E-state index in [1.807, 2.05) is 47.4 Å². The van der Waals surface area contributed by atoms with Crippen LogP contribution in [0.1, 0.15) is 6.42 Å². The fraction of sp³-hybridized carbons (Fsp3) is 0.312. The van der Waals surface area contributed by atoms with Gasteiger partial charge in [-0.3, -0.25) is 5.10 Å². The van der Waals surface area contributed by atoms with E-state index in [4.69, 9.17) is 0 Å². The standard InChI is InChI=1S/C16H16N6/c1-2-4-14(5-3-1)22-10-13(7-17-22)15-18-16(20-19-15)21-8-11-6-12(11)9-21/h1-5,7,10-12H,6,8-9H2,(H,18,19,20). The minimum absolute atomic E-state index is 0.776. The topological polar surface area (TPSA) is 62.6 Å². The summed E-state index contributed by atoms with van der Waals surface area (Å²) in [5, 5.41) is 11.8. The highest BCUT2D eigenvalue weighted by atomic mass is 15.4. The largest absolute Gasteiger partial charge is 0.339 e. The summed E-state index contributed by atoms with van der Waals surface area (Å²) in [5.41, 5.74) is 1.99. The van der Waals surface area contributed by atoms with Crippen LogP contribution in [0.3, 0.4) is 0 Å². The van der Waals surface area contributed by atoms with Crippen molar-refractivity contribution in [3.63, 3.8) is 0 Å². The molecular formula is C16H16N6. The normalized spacial score (nSPS) is 22.8. The first-order chi connectivity index (χ1) is 10.9. The summed E-state index contributed by atoms with van der Waals surface area (Å²) in [6.07, 6.45) is 5.18. The number of para-hydroxylation sites is 1. The van der Waals surface area contributed by atoms with Crippen LogP contribution in [0.2, 0.25) is 0 Å². The molecule has 22 heavy (non-hydrogen) atoms. The van der Waals surface area contributed by atoms with Crippen molar-refractivity contribution in [3.05, 3.63) is 42.7 Å². The van der Waals surface area contributed by atoms with Gasteiger partial charge in [0.15, 0.2) is 5.82 Å². The Bertz CT molecular complexity index is 795. The predicted molar refractivity (Wildman–Crippen MR) is 82.8 cm³/mol. The second-order valence-corrected chi connectivity index (χ2v) is 6.15. The Labute approximate surface area is 127 Å². The van der Waals surface area contributed by atoms with Gasteiger partial charge < -0.3 is 4.90 Å². The fourth-order valence-corrected chi connectivity index (χ4v) is 3.25. The van der Waals surface area contributed by atoms with Gasteiger partial charge in [0.1, 0.15) is 0 Å². The third kappa shape index (κ3) is 1.91. The van der Waals surface area contributed by atoms with Crippen molar-refractivity contribution in [2.45, 2.75) is 6.42 Å². The van der Waals surface area contributed by atoms with Gasteiger partial charge >= 0.3 is 0 Å². The van der Waals surface area contributed by atoms with Gasteiger partial charge in [-0.2, -0.15) is 10.1 Å². The molecule has 0 bridgehead atoms. The number of rotatable bonds is 3. The number of anilines is 1. The van der Waals surface area contributed by atoms with Crippen LogP contribution in [0, 0.1) is 11.8 Å². The zero-order valence-electron chi connectivity index (χ0n) is 12.1. The Balaban J connectivity index is 1.41. The predicted octanol–water partition coefficient (Wildman–Crippen LogP) is 2.11. The number of hydrogen-bond acceptors (Lipinski definition) is 4. The van der Waals surface area contributed by atoms with Crippen molar-refractivity contribution in [3.8, 4) is 17.1 Å². The SMILES string of the molecule is c1ccc(-n2cc(-c3nc(N4CC5CC5C4)n[nH]3)cn2)cc1. The highest BCUT2D eigenvalue weighted by Crippen LogP contribution is 2.45. The number of hydrogen-bond donors (Lipinski definition) is 1. The van der Waals surface area contributed by atoms with Crippen LogP contribution in [0.25, 0.3) is 17.1 Å². The average molecular weight is 292 g/mol. The first kappa shape index (κ1) is 12.0. The van der Waals surface area contributed by atoms with Gasteiger partial charge in [-0.15, -0.1) is 5.10 Å². The van der Waals surface area contributed by atoms with Gasteiger partial charge in [0.05, 0.1) is 17.4 Å². The average Bonchev–Trinajstić information content (AvgIpc) is 3.04. The molecule has 2 aliphatic rings. The summed E-state index contributed by atoms with van der Waals surface area (Å²) in [6, 6.07) is 10.1. The number of aromatic amines is 1. The number of aromatic nitrogens is 5. The molecule has 3 aromatic rings. The van der Waals surface area contributed by atoms with Crippen molar-refractivity contribution in [1.29, 1.82) is 0 Å². The first-order valence-corrected chi connectivity index (χ1v) is 7.64. The van der Waals surface area contributed by atoms with Crippen molar-refractivity contribution in [2.24, 2.45) is 11.8 Å². The lowest BCUT2D eigenvalue weighted by molar-refractivity contribution is 0.790. The van der Waals surface area contributed by atoms with Crippen LogP contribution in [0.15, 0.2) is 42.7 Å². The molecule has 1 aromatic carbocycles. The second-order valence-electron chi connectivity index (χ2n) is 6.15. The molecule has 1 N–H and O–H groups in total. The Morgan fingerprint density at radius 3 is 2.73 bits per heavy atom. The van der Waals surface area contributed by atoms with Crippen LogP contribution in [-0.4, -0.2) is 38.1 Å². The third-order valence-corrected chi connectivity index (χ3v) is 4.61. The molecule has 3 heterocycles. The molecule has 2 unspecified atom stereocenters. The number of piperidine rings is 1. The molecule has 0 spiro atoms. The number of H-pyrrole nitrogens is 1. The van der Waals surface area contributed by atoms with Gasteiger partial charge in [-0.05, 0) is 30.4 Å². The van der Waals surface area contributed by atoms with Gasteiger partial charge in [0, 0.05) is 19.3 Å². The smallest absolute Gasteiger partial charge is 0.245 e. The van der Waals surface area contributed by atoms with E-state index in [1.54, 1.807) is 0 Å². The zero-order chi connectivity index (χ0) is 14.5. The lowest BCUT2D eigenvalue weighted by Gasteiger charge is -2.14. The van der Waals surface area contributed by atoms with Crippen molar-refractivity contribution >= 4 is 5.95 Å². The second kappa shape index (κ2) is 4.43. The van der Waals surface area contributed by atoms with Crippen molar-refractivity contribution < 1.29 is 0 Å². The monoisotopic (exact) mass is 292 g/mol. The minimum Gasteiger partial charge on any atom is -0.339 e. The van der Waals surface area contributed by atoms with Crippen LogP contribution < -0.4 is 4.90 Å². The maximum absolute atomic E-state index is 4.63. The molecule has 1 aliphatic heterocycles. The van der Waals surface area contributed by atoms with Crippen molar-refractivity contribution in [2.75, 3.05) is 18.0 Å². The molecule has 1 saturated heterocycles. The summed E-state index contributed by atoms with van der Waals surface area (Å²) < 4.78 is 1.85. The molecular weight excluding hydrogens is 276 g/mol. The van der Waals surface area contributed by atoms with Crippen LogP contribution in [-0.2, 0) is 0 Å². The van der Waals surface area contributed by atoms with Gasteiger partial charge in [0.25, 0.3) is 0 Å². The van der Waals surface area contributed by atoms with Gasteiger partial charge in [0.2, 0.25) is 5.95 Å². The molecule has 0 radical (unpaired) electrons. The van der Waals surface area contributed by atoms with E-state index in [2.05, 4.69) is 25.2 Å². The molecule has 2 fully saturated rings. The maximum atomic E-state index is 4.63. The molecule has 6 heteroatoms. The molecule has 1 saturated carbocycles. The molecule has 1 aliphatic carbocycles. The van der Waals surface area contributed by atoms with E-state index < -0.39 is 0 Å². The lowest BCUT2D eigenvalue weighted by atomic mass is 10.3. The Morgan fingerprint density at radius 1 is 1.09 bits per heavy atom. The molecule has 0 amide bonds. The van der Waals surface area contributed by atoms with E-state index in [9.17, 15) is 0 Å². The van der Waals surface area contributed by atoms with Crippen LogP contribution in [0.5, 0.6) is 0 Å². The van der Waals surface area contributed by atoms with E-state index in [0.717, 1.165) is 47.9 Å². The number of benzene rings is 1. The quantitative estimate of drug-likeness (QED) is 0.803. The molecule has 5 rings (SSSR count). The molecule has 2 aromatic heterocycles.